The summed E-state index contributed by atoms with van der Waals surface area (Å²) in [6.07, 6.45) is 29.2. The van der Waals surface area contributed by atoms with E-state index in [1.807, 2.05) is 13.8 Å². The van der Waals surface area contributed by atoms with Crippen LogP contribution in [0.15, 0.2) is 0 Å². The van der Waals surface area contributed by atoms with E-state index < -0.39 is 5.60 Å². The monoisotopic (exact) mass is 983 g/mol. The molecule has 16 unspecified atom stereocenters. The summed E-state index contributed by atoms with van der Waals surface area (Å²) in [4.78, 5) is 0. The van der Waals surface area contributed by atoms with Gasteiger partial charge in [-0.15, -0.1) is 0 Å². The first-order valence-electron chi connectivity index (χ1n) is 30.1. The summed E-state index contributed by atoms with van der Waals surface area (Å²) in [7, 11) is 0. The lowest BCUT2D eigenvalue weighted by molar-refractivity contribution is -0.0461. The molecule has 0 amide bonds. The van der Waals surface area contributed by atoms with Gasteiger partial charge in [0.15, 0.2) is 0 Å². The SMILES string of the molecule is CC(CO)C1CCCCOC1.CCC(C)C1CCC(C)(C)C(C)C1.CCC(C)C1CCC(C)(O)C(C)C1.CCCC1CCC(C)C(O)C1.CCCC1CCC(O)C(C)C1.CCCCOCC(O)CC. The summed E-state index contributed by atoms with van der Waals surface area (Å²) in [5, 5.41) is 47.0. The maximum absolute atomic E-state index is 10.0. The van der Waals surface area contributed by atoms with E-state index in [-0.39, 0.29) is 18.3 Å². The molecule has 5 rings (SSSR count). The van der Waals surface area contributed by atoms with Crippen molar-refractivity contribution in [2.24, 2.45) is 76.4 Å². The molecule has 1 saturated heterocycles. The van der Waals surface area contributed by atoms with Crippen molar-refractivity contribution in [2.75, 3.05) is 33.0 Å². The van der Waals surface area contributed by atoms with Crippen LogP contribution in [0.5, 0.6) is 0 Å². The van der Waals surface area contributed by atoms with Crippen molar-refractivity contribution in [2.45, 2.75) is 289 Å². The van der Waals surface area contributed by atoms with E-state index in [0.29, 0.717) is 48.2 Å². The van der Waals surface area contributed by atoms with Crippen LogP contribution < -0.4 is 0 Å². The third kappa shape index (κ3) is 30.0. The molecule has 5 N–H and O–H groups in total. The lowest BCUT2D eigenvalue weighted by Crippen LogP contribution is -2.39. The molecular formula is C62H126O7. The van der Waals surface area contributed by atoms with Gasteiger partial charge in [-0.05, 0) is 180 Å². The fourth-order valence-electron chi connectivity index (χ4n) is 11.3. The maximum Gasteiger partial charge on any atom is 0.0771 e. The van der Waals surface area contributed by atoms with Crippen LogP contribution in [-0.4, -0.2) is 82.5 Å². The predicted octanol–water partition coefficient (Wildman–Crippen LogP) is 15.9. The van der Waals surface area contributed by atoms with Gasteiger partial charge in [0.05, 0.1) is 30.5 Å². The highest BCUT2D eigenvalue weighted by Gasteiger charge is 2.37. The molecule has 7 nitrogen and oxygen atoms in total. The van der Waals surface area contributed by atoms with Crippen LogP contribution in [0.3, 0.4) is 0 Å². The Balaban J connectivity index is 0.000000806. The van der Waals surface area contributed by atoms with Gasteiger partial charge < -0.3 is 35.0 Å². The highest BCUT2D eigenvalue weighted by Crippen LogP contribution is 2.45. The first-order chi connectivity index (χ1) is 32.6. The molecule has 4 saturated carbocycles. The molecular weight excluding hydrogens is 857 g/mol. The van der Waals surface area contributed by atoms with E-state index in [4.69, 9.17) is 19.7 Å². The van der Waals surface area contributed by atoms with Gasteiger partial charge in [0.2, 0.25) is 0 Å². The second-order valence-corrected chi connectivity index (χ2v) is 25.0. The van der Waals surface area contributed by atoms with Gasteiger partial charge in [-0.3, -0.25) is 0 Å². The largest absolute Gasteiger partial charge is 0.396 e. The normalized spacial score (nSPS) is 34.0. The van der Waals surface area contributed by atoms with E-state index in [1.165, 1.54) is 116 Å². The second kappa shape index (κ2) is 39.2. The van der Waals surface area contributed by atoms with Crippen LogP contribution in [0.25, 0.3) is 0 Å². The Hall–Kier alpha value is -0.280. The molecule has 0 aromatic carbocycles. The highest BCUT2D eigenvalue weighted by atomic mass is 16.5. The van der Waals surface area contributed by atoms with Crippen LogP contribution >= 0.6 is 0 Å². The Labute approximate surface area is 431 Å². The van der Waals surface area contributed by atoms with Gasteiger partial charge in [-0.25, -0.2) is 0 Å². The van der Waals surface area contributed by atoms with Crippen molar-refractivity contribution >= 4 is 0 Å². The minimum absolute atomic E-state index is 0.0110. The third-order valence-corrected chi connectivity index (χ3v) is 18.6. The fraction of sp³-hybridized carbons (Fsp3) is 1.00. The van der Waals surface area contributed by atoms with Gasteiger partial charge in [0.1, 0.15) is 0 Å². The molecule has 0 aromatic heterocycles. The molecule has 7 heteroatoms. The average molecular weight is 984 g/mol. The Kier molecular flexibility index (Phi) is 39.0. The van der Waals surface area contributed by atoms with Crippen molar-refractivity contribution in [3.63, 3.8) is 0 Å². The second-order valence-electron chi connectivity index (χ2n) is 25.0. The minimum Gasteiger partial charge on any atom is -0.396 e. The number of aliphatic hydroxyl groups is 5. The summed E-state index contributed by atoms with van der Waals surface area (Å²) in [6.45, 7) is 39.2. The van der Waals surface area contributed by atoms with Crippen molar-refractivity contribution < 1.29 is 35.0 Å². The Morgan fingerprint density at radius 3 is 1.65 bits per heavy atom. The molecule has 5 aliphatic rings. The van der Waals surface area contributed by atoms with Crippen molar-refractivity contribution in [3.8, 4) is 0 Å². The van der Waals surface area contributed by atoms with Gasteiger partial charge >= 0.3 is 0 Å². The van der Waals surface area contributed by atoms with Crippen LogP contribution in [0.2, 0.25) is 0 Å². The average Bonchev–Trinajstić information content (AvgIpc) is 3.62. The summed E-state index contributed by atoms with van der Waals surface area (Å²) in [5.74, 6) is 8.81. The Morgan fingerprint density at radius 1 is 0.594 bits per heavy atom. The first-order valence-corrected chi connectivity index (χ1v) is 30.1. The molecule has 416 valence electrons. The molecule has 0 aromatic rings. The van der Waals surface area contributed by atoms with Crippen LogP contribution in [0.4, 0.5) is 0 Å². The van der Waals surface area contributed by atoms with Gasteiger partial charge in [0, 0.05) is 26.4 Å². The number of unbranched alkanes of at least 4 members (excludes halogenated alkanes) is 1. The predicted molar refractivity (Wildman–Crippen MR) is 298 cm³/mol. The molecule has 1 aliphatic heterocycles. The summed E-state index contributed by atoms with van der Waals surface area (Å²) >= 11 is 0. The van der Waals surface area contributed by atoms with E-state index in [1.54, 1.807) is 0 Å². The summed E-state index contributed by atoms with van der Waals surface area (Å²) in [5.41, 5.74) is 0.202. The fourth-order valence-corrected chi connectivity index (χ4v) is 11.3. The summed E-state index contributed by atoms with van der Waals surface area (Å²) in [6, 6.07) is 0. The minimum atomic E-state index is -0.399. The standard InChI is InChI=1S/C13H26.C12H24O.2C10H20O.C9H18O2.C8H18O2/c1-6-10(2)12-7-8-13(4,5)11(3)9-12;1-5-9(2)11-6-7-12(4,13)10(3)8-11;1-3-4-9-5-6-10(11)8(2)7-9;1-3-4-9-6-5-8(2)10(11)7-9;1-8(6-10)9-4-2-3-5-11-7-9;1-3-5-6-10-7-8(9)4-2/h10-12H,6-9H2,1-5H3;9-11,13H,5-8H2,1-4H3;2*8-11H,3-7H2,1-2H3;8-10H,2-7H2,1H3;8-9H,3-7H2,1-2H3. The van der Waals surface area contributed by atoms with E-state index in [9.17, 15) is 15.3 Å². The molecule has 16 atom stereocenters. The number of hydrogen-bond acceptors (Lipinski definition) is 7. The Morgan fingerprint density at radius 2 is 1.16 bits per heavy atom. The highest BCUT2D eigenvalue weighted by molar-refractivity contribution is 4.88. The number of ether oxygens (including phenoxy) is 2. The molecule has 5 fully saturated rings. The lowest BCUT2D eigenvalue weighted by atomic mass is 9.64. The van der Waals surface area contributed by atoms with E-state index in [0.717, 1.165) is 99.8 Å². The molecule has 0 spiro atoms. The van der Waals surface area contributed by atoms with Gasteiger partial charge in [-0.1, -0.05) is 162 Å². The Bertz CT molecular complexity index is 1090. The van der Waals surface area contributed by atoms with Crippen molar-refractivity contribution in [1.82, 2.24) is 0 Å². The molecule has 1 heterocycles. The zero-order chi connectivity index (χ0) is 52.6. The van der Waals surface area contributed by atoms with E-state index in [2.05, 4.69) is 96.9 Å². The zero-order valence-corrected chi connectivity index (χ0v) is 49.2. The van der Waals surface area contributed by atoms with Crippen LogP contribution in [0.1, 0.15) is 265 Å². The number of hydrogen-bond donors (Lipinski definition) is 5. The topological polar surface area (TPSA) is 120 Å². The van der Waals surface area contributed by atoms with Crippen LogP contribution in [-0.2, 0) is 9.47 Å². The third-order valence-electron chi connectivity index (χ3n) is 18.6. The molecule has 0 bridgehead atoms. The summed E-state index contributed by atoms with van der Waals surface area (Å²) < 4.78 is 10.6. The van der Waals surface area contributed by atoms with E-state index >= 15 is 0 Å². The van der Waals surface area contributed by atoms with Gasteiger partial charge in [-0.2, -0.15) is 0 Å². The van der Waals surface area contributed by atoms with Crippen molar-refractivity contribution in [1.29, 1.82) is 0 Å². The lowest BCUT2D eigenvalue weighted by Gasteiger charge is -2.42. The molecule has 69 heavy (non-hydrogen) atoms. The number of aliphatic hydroxyl groups excluding tert-OH is 4. The van der Waals surface area contributed by atoms with Crippen molar-refractivity contribution in [3.05, 3.63) is 0 Å². The molecule has 4 aliphatic carbocycles. The zero-order valence-electron chi connectivity index (χ0n) is 49.2. The molecule has 0 radical (unpaired) electrons. The number of rotatable bonds is 16. The quantitative estimate of drug-likeness (QED) is 0.0977. The maximum atomic E-state index is 10.0. The van der Waals surface area contributed by atoms with Crippen LogP contribution in [0, 0.1) is 76.4 Å². The first kappa shape index (κ1) is 68.7. The smallest absolute Gasteiger partial charge is 0.0771 e. The van der Waals surface area contributed by atoms with Gasteiger partial charge in [0.25, 0.3) is 0 Å².